The molecule has 5 nitrogen and oxygen atoms in total. The van der Waals surface area contributed by atoms with Crippen molar-refractivity contribution in [3.63, 3.8) is 0 Å². The van der Waals surface area contributed by atoms with Crippen molar-refractivity contribution >= 4 is 11.8 Å². The Morgan fingerprint density at radius 2 is 2.47 bits per heavy atom. The van der Waals surface area contributed by atoms with Gasteiger partial charge in [-0.15, -0.1) is 0 Å². The van der Waals surface area contributed by atoms with Crippen LogP contribution in [-0.4, -0.2) is 29.0 Å². The number of nitrogens with zero attached hydrogens (tertiary/aromatic N) is 2. The minimum atomic E-state index is -0.0570. The van der Waals surface area contributed by atoms with Crippen LogP contribution in [0.5, 0.6) is 0 Å². The second-order valence-corrected chi connectivity index (χ2v) is 3.77. The van der Waals surface area contributed by atoms with E-state index in [2.05, 4.69) is 15.6 Å². The Kier molecular flexibility index (Phi) is 1.85. The lowest BCUT2D eigenvalue weighted by Gasteiger charge is -2.40. The molecule has 0 aromatic carbocycles. The fourth-order valence-electron chi connectivity index (χ4n) is 2.14. The van der Waals surface area contributed by atoms with Gasteiger partial charge in [-0.3, -0.25) is 10.6 Å². The highest BCUT2D eigenvalue weighted by molar-refractivity contribution is 5.91. The van der Waals surface area contributed by atoms with Gasteiger partial charge in [0.1, 0.15) is 12.0 Å². The van der Waals surface area contributed by atoms with Gasteiger partial charge in [-0.2, -0.15) is 0 Å². The number of nitrogens with one attached hydrogen (secondary N) is 2. The Bertz CT molecular complexity index is 406. The van der Waals surface area contributed by atoms with Crippen molar-refractivity contribution in [2.45, 2.75) is 12.6 Å². The number of hydrogen-bond acceptors (Lipinski definition) is 3. The predicted molar refractivity (Wildman–Crippen MR) is 55.3 cm³/mol. The molecule has 1 aromatic heterocycles. The van der Waals surface area contributed by atoms with E-state index in [-0.39, 0.29) is 12.2 Å². The Morgan fingerprint density at radius 3 is 3.40 bits per heavy atom. The average molecular weight is 204 g/mol. The summed E-state index contributed by atoms with van der Waals surface area (Å²) < 4.78 is 0. The van der Waals surface area contributed by atoms with Gasteiger partial charge in [0, 0.05) is 18.3 Å². The molecule has 2 amide bonds. The molecule has 3 rings (SSSR count). The van der Waals surface area contributed by atoms with E-state index in [1.807, 2.05) is 17.0 Å². The minimum Gasteiger partial charge on any atom is -0.305 e. The lowest BCUT2D eigenvalue weighted by molar-refractivity contribution is 0.148. The molecular weight excluding hydrogens is 192 g/mol. The topological polar surface area (TPSA) is 57.3 Å². The SMILES string of the molecule is O=C1Nc2ncccc2C2NCCCN12. The zero-order chi connectivity index (χ0) is 10.3. The van der Waals surface area contributed by atoms with Crippen molar-refractivity contribution in [2.75, 3.05) is 18.4 Å². The third-order valence-corrected chi connectivity index (χ3v) is 2.84. The van der Waals surface area contributed by atoms with Crippen LogP contribution >= 0.6 is 0 Å². The van der Waals surface area contributed by atoms with Gasteiger partial charge in [-0.25, -0.2) is 9.78 Å². The molecule has 1 atom stereocenters. The molecule has 5 heteroatoms. The number of pyridine rings is 1. The number of amides is 2. The van der Waals surface area contributed by atoms with Gasteiger partial charge in [-0.1, -0.05) is 6.07 Å². The van der Waals surface area contributed by atoms with Crippen LogP contribution in [0.15, 0.2) is 18.3 Å². The predicted octanol–water partition coefficient (Wildman–Crippen LogP) is 0.921. The van der Waals surface area contributed by atoms with E-state index in [9.17, 15) is 4.79 Å². The molecule has 2 N–H and O–H groups in total. The Balaban J connectivity index is 2.06. The zero-order valence-electron chi connectivity index (χ0n) is 8.23. The van der Waals surface area contributed by atoms with Crippen LogP contribution in [0.1, 0.15) is 18.2 Å². The number of hydrogen-bond donors (Lipinski definition) is 2. The van der Waals surface area contributed by atoms with Crippen molar-refractivity contribution in [1.82, 2.24) is 15.2 Å². The number of anilines is 1. The lowest BCUT2D eigenvalue weighted by atomic mass is 10.1. The third kappa shape index (κ3) is 1.27. The maximum absolute atomic E-state index is 11.7. The molecule has 0 aliphatic carbocycles. The van der Waals surface area contributed by atoms with Crippen LogP contribution in [0, 0.1) is 0 Å². The Labute approximate surface area is 87.5 Å². The van der Waals surface area contributed by atoms with E-state index in [0.29, 0.717) is 5.82 Å². The summed E-state index contributed by atoms with van der Waals surface area (Å²) in [4.78, 5) is 17.7. The first kappa shape index (κ1) is 8.67. The maximum Gasteiger partial charge on any atom is 0.324 e. The van der Waals surface area contributed by atoms with Gasteiger partial charge in [0.05, 0.1) is 0 Å². The van der Waals surface area contributed by atoms with Crippen LogP contribution in [-0.2, 0) is 0 Å². The molecule has 1 unspecified atom stereocenters. The summed E-state index contributed by atoms with van der Waals surface area (Å²) in [5.74, 6) is 0.679. The van der Waals surface area contributed by atoms with Gasteiger partial charge in [0.25, 0.3) is 0 Å². The van der Waals surface area contributed by atoms with Crippen molar-refractivity contribution in [3.8, 4) is 0 Å². The standard InChI is InChI=1S/C10H12N4O/c15-10-13-8-7(3-1-4-11-8)9-12-5-2-6-14(9)10/h1,3-4,9,12H,2,5-6H2,(H,11,13,15). The van der Waals surface area contributed by atoms with Gasteiger partial charge in [0.2, 0.25) is 0 Å². The van der Waals surface area contributed by atoms with Crippen molar-refractivity contribution in [3.05, 3.63) is 23.9 Å². The smallest absolute Gasteiger partial charge is 0.305 e. The summed E-state index contributed by atoms with van der Waals surface area (Å²) in [6, 6.07) is 3.83. The molecule has 2 aliphatic heterocycles. The summed E-state index contributed by atoms with van der Waals surface area (Å²) in [5, 5.41) is 6.13. The highest BCUT2D eigenvalue weighted by Gasteiger charge is 2.34. The van der Waals surface area contributed by atoms with E-state index < -0.39 is 0 Å². The highest BCUT2D eigenvalue weighted by Crippen LogP contribution is 2.30. The van der Waals surface area contributed by atoms with Crippen LogP contribution < -0.4 is 10.6 Å². The number of carbonyl (C=O) groups is 1. The molecular formula is C10H12N4O. The molecule has 15 heavy (non-hydrogen) atoms. The van der Waals surface area contributed by atoms with Crippen LogP contribution in [0.25, 0.3) is 0 Å². The molecule has 0 bridgehead atoms. The molecule has 2 aliphatic rings. The Morgan fingerprint density at radius 1 is 1.53 bits per heavy atom. The summed E-state index contributed by atoms with van der Waals surface area (Å²) in [6.45, 7) is 1.75. The molecule has 78 valence electrons. The quantitative estimate of drug-likeness (QED) is 0.660. The summed E-state index contributed by atoms with van der Waals surface area (Å²) >= 11 is 0. The van der Waals surface area contributed by atoms with Crippen molar-refractivity contribution < 1.29 is 4.79 Å². The number of aromatic nitrogens is 1. The average Bonchev–Trinajstić information content (AvgIpc) is 2.30. The third-order valence-electron chi connectivity index (χ3n) is 2.84. The fourth-order valence-corrected chi connectivity index (χ4v) is 2.14. The molecule has 3 heterocycles. The van der Waals surface area contributed by atoms with E-state index in [1.54, 1.807) is 6.20 Å². The number of rotatable bonds is 0. The summed E-state index contributed by atoms with van der Waals surface area (Å²) in [6.07, 6.45) is 2.69. The molecule has 0 spiro atoms. The van der Waals surface area contributed by atoms with Crippen LogP contribution in [0.4, 0.5) is 10.6 Å². The van der Waals surface area contributed by atoms with Gasteiger partial charge < -0.3 is 4.90 Å². The first-order chi connectivity index (χ1) is 7.36. The van der Waals surface area contributed by atoms with E-state index in [1.165, 1.54) is 0 Å². The normalized spacial score (nSPS) is 24.1. The van der Waals surface area contributed by atoms with Crippen molar-refractivity contribution in [1.29, 1.82) is 0 Å². The van der Waals surface area contributed by atoms with E-state index >= 15 is 0 Å². The summed E-state index contributed by atoms with van der Waals surface area (Å²) in [5.41, 5.74) is 1.05. The largest absolute Gasteiger partial charge is 0.324 e. The van der Waals surface area contributed by atoms with E-state index in [0.717, 1.165) is 25.1 Å². The number of fused-ring (bicyclic) bond motifs is 3. The van der Waals surface area contributed by atoms with E-state index in [4.69, 9.17) is 0 Å². The Hall–Kier alpha value is -1.62. The molecule has 0 radical (unpaired) electrons. The zero-order valence-corrected chi connectivity index (χ0v) is 8.23. The van der Waals surface area contributed by atoms with Gasteiger partial charge in [0.15, 0.2) is 0 Å². The second kappa shape index (κ2) is 3.20. The van der Waals surface area contributed by atoms with Crippen LogP contribution in [0.3, 0.4) is 0 Å². The highest BCUT2D eigenvalue weighted by atomic mass is 16.2. The number of urea groups is 1. The first-order valence-electron chi connectivity index (χ1n) is 5.12. The van der Waals surface area contributed by atoms with Crippen LogP contribution in [0.2, 0.25) is 0 Å². The molecule has 1 saturated heterocycles. The fraction of sp³-hybridized carbons (Fsp3) is 0.400. The molecule has 0 saturated carbocycles. The lowest BCUT2D eigenvalue weighted by Crippen LogP contribution is -2.52. The monoisotopic (exact) mass is 204 g/mol. The van der Waals surface area contributed by atoms with Gasteiger partial charge in [-0.05, 0) is 19.0 Å². The van der Waals surface area contributed by atoms with Gasteiger partial charge >= 0.3 is 6.03 Å². The number of carbonyl (C=O) groups excluding carboxylic acids is 1. The first-order valence-corrected chi connectivity index (χ1v) is 5.12. The molecule has 1 fully saturated rings. The molecule has 1 aromatic rings. The summed E-state index contributed by atoms with van der Waals surface area (Å²) in [7, 11) is 0. The van der Waals surface area contributed by atoms with Crippen molar-refractivity contribution in [2.24, 2.45) is 0 Å². The minimum absolute atomic E-state index is 0.00352. The second-order valence-electron chi connectivity index (χ2n) is 3.77. The maximum atomic E-state index is 11.7.